The Morgan fingerprint density at radius 1 is 1.09 bits per heavy atom. The summed E-state index contributed by atoms with van der Waals surface area (Å²) in [5, 5.41) is 15.1. The monoisotopic (exact) mass is 298 g/mol. The van der Waals surface area contributed by atoms with E-state index in [4.69, 9.17) is 5.11 Å². The average Bonchev–Trinajstić information content (AvgIpc) is 2.54. The highest BCUT2D eigenvalue weighted by molar-refractivity contribution is 6.00. The standard InChI is InChI=1S/C18H22N2O2/c1-14(8-7-13-21)19-18(22)16-11-5-6-12-17(16)20-15-9-3-2-4-10-15/h2-6,9-12,14,20-21H,7-8,13H2,1H3,(H,19,22). The number of aliphatic hydroxyl groups is 1. The quantitative estimate of drug-likeness (QED) is 0.735. The van der Waals surface area contributed by atoms with E-state index in [9.17, 15) is 4.79 Å². The first-order chi connectivity index (χ1) is 10.7. The second-order valence-electron chi connectivity index (χ2n) is 5.28. The molecule has 0 aromatic heterocycles. The summed E-state index contributed by atoms with van der Waals surface area (Å²) < 4.78 is 0. The summed E-state index contributed by atoms with van der Waals surface area (Å²) >= 11 is 0. The predicted octanol–water partition coefficient (Wildman–Crippen LogP) is 3.32. The van der Waals surface area contributed by atoms with Crippen molar-refractivity contribution in [3.8, 4) is 0 Å². The van der Waals surface area contributed by atoms with Gasteiger partial charge in [0.25, 0.3) is 5.91 Å². The van der Waals surface area contributed by atoms with Crippen LogP contribution in [0.5, 0.6) is 0 Å². The lowest BCUT2D eigenvalue weighted by Gasteiger charge is -2.16. The third-order valence-electron chi connectivity index (χ3n) is 3.40. The van der Waals surface area contributed by atoms with Crippen molar-refractivity contribution >= 4 is 17.3 Å². The molecule has 0 heterocycles. The lowest BCUT2D eigenvalue weighted by Crippen LogP contribution is -2.33. The van der Waals surface area contributed by atoms with Gasteiger partial charge in [0.15, 0.2) is 0 Å². The molecule has 0 radical (unpaired) electrons. The molecule has 3 N–H and O–H groups in total. The summed E-state index contributed by atoms with van der Waals surface area (Å²) in [5.41, 5.74) is 2.33. The number of rotatable bonds is 7. The lowest BCUT2D eigenvalue weighted by atomic mass is 10.1. The van der Waals surface area contributed by atoms with Crippen LogP contribution in [0.25, 0.3) is 0 Å². The third kappa shape index (κ3) is 4.60. The zero-order chi connectivity index (χ0) is 15.8. The molecule has 0 bridgehead atoms. The average molecular weight is 298 g/mol. The van der Waals surface area contributed by atoms with Gasteiger partial charge in [-0.3, -0.25) is 4.79 Å². The van der Waals surface area contributed by atoms with E-state index in [0.717, 1.165) is 17.8 Å². The van der Waals surface area contributed by atoms with Crippen LogP contribution in [0, 0.1) is 0 Å². The molecule has 116 valence electrons. The molecule has 4 nitrogen and oxygen atoms in total. The smallest absolute Gasteiger partial charge is 0.253 e. The summed E-state index contributed by atoms with van der Waals surface area (Å²) in [7, 11) is 0. The number of hydrogen-bond acceptors (Lipinski definition) is 3. The molecular formula is C18H22N2O2. The van der Waals surface area contributed by atoms with Crippen LogP contribution >= 0.6 is 0 Å². The molecule has 1 unspecified atom stereocenters. The Balaban J connectivity index is 2.09. The van der Waals surface area contributed by atoms with Crippen LogP contribution in [0.1, 0.15) is 30.1 Å². The van der Waals surface area contributed by atoms with E-state index in [2.05, 4.69) is 10.6 Å². The molecule has 22 heavy (non-hydrogen) atoms. The zero-order valence-corrected chi connectivity index (χ0v) is 12.8. The molecule has 2 aromatic rings. The van der Waals surface area contributed by atoms with Crippen LogP contribution < -0.4 is 10.6 Å². The van der Waals surface area contributed by atoms with Gasteiger partial charge in [-0.1, -0.05) is 30.3 Å². The molecule has 1 atom stereocenters. The molecule has 1 amide bonds. The van der Waals surface area contributed by atoms with Gasteiger partial charge in [0.1, 0.15) is 0 Å². The SMILES string of the molecule is CC(CCCO)NC(=O)c1ccccc1Nc1ccccc1. The first-order valence-electron chi connectivity index (χ1n) is 7.53. The van der Waals surface area contributed by atoms with Gasteiger partial charge in [-0.25, -0.2) is 0 Å². The largest absolute Gasteiger partial charge is 0.396 e. The highest BCUT2D eigenvalue weighted by Crippen LogP contribution is 2.20. The van der Waals surface area contributed by atoms with Gasteiger partial charge in [0.05, 0.1) is 11.3 Å². The highest BCUT2D eigenvalue weighted by atomic mass is 16.3. The van der Waals surface area contributed by atoms with E-state index in [-0.39, 0.29) is 18.6 Å². The molecule has 4 heteroatoms. The molecule has 0 fully saturated rings. The normalized spacial score (nSPS) is 11.7. The Kier molecular flexibility index (Phi) is 5.98. The number of benzene rings is 2. The first-order valence-corrected chi connectivity index (χ1v) is 7.53. The molecule has 0 saturated carbocycles. The maximum absolute atomic E-state index is 12.4. The van der Waals surface area contributed by atoms with Crippen LogP contribution in [-0.2, 0) is 0 Å². The van der Waals surface area contributed by atoms with Crippen LogP contribution in [0.4, 0.5) is 11.4 Å². The van der Waals surface area contributed by atoms with Gasteiger partial charge in [0.2, 0.25) is 0 Å². The van der Waals surface area contributed by atoms with E-state index in [0.29, 0.717) is 12.0 Å². The van der Waals surface area contributed by atoms with Crippen molar-refractivity contribution in [2.45, 2.75) is 25.8 Å². The van der Waals surface area contributed by atoms with Gasteiger partial charge in [-0.2, -0.15) is 0 Å². The van der Waals surface area contributed by atoms with Crippen molar-refractivity contribution < 1.29 is 9.90 Å². The minimum absolute atomic E-state index is 0.0319. The number of carbonyl (C=O) groups is 1. The van der Waals surface area contributed by atoms with Crippen LogP contribution in [-0.4, -0.2) is 23.7 Å². The van der Waals surface area contributed by atoms with Crippen molar-refractivity contribution in [1.82, 2.24) is 5.32 Å². The summed E-state index contributed by atoms with van der Waals surface area (Å²) in [4.78, 5) is 12.4. The molecule has 0 aliphatic rings. The number of aliphatic hydroxyl groups excluding tert-OH is 1. The van der Waals surface area contributed by atoms with Crippen molar-refractivity contribution in [3.05, 3.63) is 60.2 Å². The van der Waals surface area contributed by atoms with E-state index >= 15 is 0 Å². The Hall–Kier alpha value is -2.33. The molecule has 0 saturated heterocycles. The number of hydrogen-bond donors (Lipinski definition) is 3. The fraction of sp³-hybridized carbons (Fsp3) is 0.278. The first kappa shape index (κ1) is 16.0. The maximum atomic E-state index is 12.4. The fourth-order valence-electron chi connectivity index (χ4n) is 2.24. The van der Waals surface area contributed by atoms with Gasteiger partial charge in [-0.05, 0) is 44.0 Å². The lowest BCUT2D eigenvalue weighted by molar-refractivity contribution is 0.0937. The van der Waals surface area contributed by atoms with Gasteiger partial charge >= 0.3 is 0 Å². The van der Waals surface area contributed by atoms with E-state index in [1.165, 1.54) is 0 Å². The molecule has 2 rings (SSSR count). The highest BCUT2D eigenvalue weighted by Gasteiger charge is 2.13. The minimum atomic E-state index is -0.107. The Labute approximate surface area is 131 Å². The Morgan fingerprint density at radius 2 is 1.77 bits per heavy atom. The maximum Gasteiger partial charge on any atom is 0.253 e. The molecule has 0 aliphatic heterocycles. The van der Waals surface area contributed by atoms with Crippen LogP contribution in [0.3, 0.4) is 0 Å². The van der Waals surface area contributed by atoms with E-state index in [1.807, 2.05) is 55.5 Å². The van der Waals surface area contributed by atoms with Crippen molar-refractivity contribution in [2.24, 2.45) is 0 Å². The van der Waals surface area contributed by atoms with E-state index < -0.39 is 0 Å². The number of anilines is 2. The van der Waals surface area contributed by atoms with Gasteiger partial charge in [0, 0.05) is 18.3 Å². The van der Waals surface area contributed by atoms with Gasteiger partial charge < -0.3 is 15.7 Å². The second-order valence-corrected chi connectivity index (χ2v) is 5.28. The van der Waals surface area contributed by atoms with Gasteiger partial charge in [-0.15, -0.1) is 0 Å². The molecule has 2 aromatic carbocycles. The number of para-hydroxylation sites is 2. The van der Waals surface area contributed by atoms with Crippen molar-refractivity contribution in [2.75, 3.05) is 11.9 Å². The number of amides is 1. The Morgan fingerprint density at radius 3 is 2.50 bits per heavy atom. The van der Waals surface area contributed by atoms with Crippen molar-refractivity contribution in [3.63, 3.8) is 0 Å². The molecule has 0 aliphatic carbocycles. The summed E-state index contributed by atoms with van der Waals surface area (Å²) in [6, 6.07) is 17.2. The zero-order valence-electron chi connectivity index (χ0n) is 12.8. The number of nitrogens with one attached hydrogen (secondary N) is 2. The summed E-state index contributed by atoms with van der Waals surface area (Å²) in [5.74, 6) is -0.107. The molecular weight excluding hydrogens is 276 g/mol. The second kappa shape index (κ2) is 8.20. The number of carbonyl (C=O) groups excluding carboxylic acids is 1. The minimum Gasteiger partial charge on any atom is -0.396 e. The van der Waals surface area contributed by atoms with E-state index in [1.54, 1.807) is 6.07 Å². The van der Waals surface area contributed by atoms with Crippen LogP contribution in [0.15, 0.2) is 54.6 Å². The summed E-state index contributed by atoms with van der Waals surface area (Å²) in [6.07, 6.45) is 1.45. The fourth-order valence-corrected chi connectivity index (χ4v) is 2.24. The predicted molar refractivity (Wildman–Crippen MR) is 89.4 cm³/mol. The molecule has 0 spiro atoms. The third-order valence-corrected chi connectivity index (χ3v) is 3.40. The van der Waals surface area contributed by atoms with Crippen LogP contribution in [0.2, 0.25) is 0 Å². The summed E-state index contributed by atoms with van der Waals surface area (Å²) in [6.45, 7) is 2.09. The Bertz CT molecular complexity index is 599. The van der Waals surface area contributed by atoms with Crippen molar-refractivity contribution in [1.29, 1.82) is 0 Å². The topological polar surface area (TPSA) is 61.4 Å².